The summed E-state index contributed by atoms with van der Waals surface area (Å²) >= 11 is 0. The van der Waals surface area contributed by atoms with Gasteiger partial charge in [0, 0.05) is 16.7 Å². The molecule has 0 saturated carbocycles. The average Bonchev–Trinajstić information content (AvgIpc) is 3.99. The van der Waals surface area contributed by atoms with Crippen LogP contribution in [0.25, 0.3) is 0 Å². The normalized spacial score (nSPS) is 21.9. The monoisotopic (exact) mass is 940 g/mol. The van der Waals surface area contributed by atoms with E-state index in [2.05, 4.69) is 18.9 Å². The smallest absolute Gasteiger partial charge is 0.371 e. The largest absolute Gasteiger partial charge is 0.460 e. The highest BCUT2D eigenvalue weighted by Gasteiger charge is 2.95. The summed E-state index contributed by atoms with van der Waals surface area (Å²) in [5, 5.41) is 0. The highest BCUT2D eigenvalue weighted by atomic mass is 19.4. The summed E-state index contributed by atoms with van der Waals surface area (Å²) in [6.45, 7) is -5.58. The fraction of sp³-hybridized carbons (Fsp3) is 0.769. The third kappa shape index (κ3) is 7.46. The zero-order valence-electron chi connectivity index (χ0n) is 26.8. The first-order chi connectivity index (χ1) is 25.7. The van der Waals surface area contributed by atoms with Crippen LogP contribution >= 0.6 is 0 Å². The Balaban J connectivity index is 2.43. The predicted molar refractivity (Wildman–Crippen MR) is 125 cm³/mol. The Labute approximate surface area is 304 Å². The third-order valence-corrected chi connectivity index (χ3v) is 8.02. The number of hydrogen-bond donors (Lipinski definition) is 0. The molecule has 0 spiro atoms. The van der Waals surface area contributed by atoms with Crippen LogP contribution in [0.2, 0.25) is 0 Å². The molecule has 0 N–H and O–H groups in total. The van der Waals surface area contributed by atoms with Crippen molar-refractivity contribution in [2.24, 2.45) is 0 Å². The van der Waals surface area contributed by atoms with Crippen LogP contribution in [-0.4, -0.2) is 104 Å². The van der Waals surface area contributed by atoms with Gasteiger partial charge in [0.1, 0.15) is 12.2 Å². The third-order valence-electron chi connectivity index (χ3n) is 8.02. The van der Waals surface area contributed by atoms with Crippen molar-refractivity contribution >= 4 is 0 Å². The van der Waals surface area contributed by atoms with Crippen molar-refractivity contribution in [3.8, 4) is 0 Å². The molecule has 4 nitrogen and oxygen atoms in total. The first kappa shape index (κ1) is 50.4. The van der Waals surface area contributed by atoms with Gasteiger partial charge in [0.05, 0.1) is 26.4 Å². The standard InChI is InChI=1S/C26H13F29O4/c27-13(28,16(33,34)17(35,36)18(37,38)19(39,40)20(41,42)21(43,44)24(47,48)49)8-1-9(14(29,30)22(45,25(50,51)52)58-6-11-4-56-11)3-10(2-8)15(31,32)23(46,26(53,54)55)59-7-12-5-57-12/h1-3,11-12H,4-7H2. The van der Waals surface area contributed by atoms with E-state index in [9.17, 15) is 92.2 Å². The summed E-state index contributed by atoms with van der Waals surface area (Å²) in [7, 11) is 0. The van der Waals surface area contributed by atoms with Gasteiger partial charge in [0.25, 0.3) is 0 Å². The number of epoxide rings is 2. The highest BCUT2D eigenvalue weighted by Crippen LogP contribution is 2.66. The van der Waals surface area contributed by atoms with E-state index in [4.69, 9.17) is 0 Å². The molecule has 0 radical (unpaired) electrons. The Morgan fingerprint density at radius 3 is 0.831 bits per heavy atom. The van der Waals surface area contributed by atoms with Crippen LogP contribution in [0.15, 0.2) is 18.2 Å². The van der Waals surface area contributed by atoms with Crippen LogP contribution in [-0.2, 0) is 36.7 Å². The average molecular weight is 940 g/mol. The van der Waals surface area contributed by atoms with Crippen molar-refractivity contribution in [1.29, 1.82) is 0 Å². The van der Waals surface area contributed by atoms with Gasteiger partial charge in [-0.3, -0.25) is 0 Å². The molecule has 3 rings (SSSR count). The Bertz CT molecular complexity index is 1620. The van der Waals surface area contributed by atoms with Gasteiger partial charge in [-0.2, -0.15) is 127 Å². The van der Waals surface area contributed by atoms with Crippen LogP contribution in [0.5, 0.6) is 0 Å². The summed E-state index contributed by atoms with van der Waals surface area (Å²) < 4.78 is 425. The summed E-state index contributed by atoms with van der Waals surface area (Å²) in [6, 6.07) is -5.93. The quantitative estimate of drug-likeness (QED) is 0.115. The maximum atomic E-state index is 15.4. The van der Waals surface area contributed by atoms with E-state index >= 15 is 35.1 Å². The molecule has 4 unspecified atom stereocenters. The first-order valence-electron chi connectivity index (χ1n) is 14.4. The van der Waals surface area contributed by atoms with Crippen molar-refractivity contribution in [2.75, 3.05) is 26.4 Å². The fourth-order valence-corrected chi connectivity index (χ4v) is 4.33. The molecule has 59 heavy (non-hydrogen) atoms. The molecular weight excluding hydrogens is 927 g/mol. The van der Waals surface area contributed by atoms with Gasteiger partial charge < -0.3 is 18.9 Å². The van der Waals surface area contributed by atoms with E-state index in [0.717, 1.165) is 0 Å². The summed E-state index contributed by atoms with van der Waals surface area (Å²) in [6.07, 6.45) is -26.5. The molecule has 344 valence electrons. The molecule has 2 heterocycles. The van der Waals surface area contributed by atoms with Crippen molar-refractivity contribution in [3.05, 3.63) is 34.9 Å². The second-order valence-electron chi connectivity index (χ2n) is 12.2. The molecule has 0 aromatic heterocycles. The van der Waals surface area contributed by atoms with E-state index in [1.165, 1.54) is 0 Å². The van der Waals surface area contributed by atoms with Crippen LogP contribution in [0.3, 0.4) is 0 Å². The number of alkyl halides is 29. The maximum absolute atomic E-state index is 15.4. The minimum Gasteiger partial charge on any atom is -0.371 e. The van der Waals surface area contributed by atoms with Crippen LogP contribution in [0.4, 0.5) is 127 Å². The second-order valence-corrected chi connectivity index (χ2v) is 12.2. The van der Waals surface area contributed by atoms with Gasteiger partial charge >= 0.3 is 83.5 Å². The molecule has 2 saturated heterocycles. The summed E-state index contributed by atoms with van der Waals surface area (Å²) in [5.74, 6) is -91.6. The van der Waals surface area contributed by atoms with Crippen molar-refractivity contribution in [1.82, 2.24) is 0 Å². The summed E-state index contributed by atoms with van der Waals surface area (Å²) in [5.41, 5.74) is -12.1. The molecule has 2 fully saturated rings. The molecule has 2 aliphatic heterocycles. The minimum atomic E-state index is -9.42. The lowest BCUT2D eigenvalue weighted by Crippen LogP contribution is -2.74. The molecular formula is C26H13F29O4. The van der Waals surface area contributed by atoms with Gasteiger partial charge in [0.15, 0.2) is 0 Å². The van der Waals surface area contributed by atoms with Crippen molar-refractivity contribution < 1.29 is 146 Å². The lowest BCUT2D eigenvalue weighted by molar-refractivity contribution is -0.462. The molecule has 0 aliphatic carbocycles. The molecule has 33 heteroatoms. The highest BCUT2D eigenvalue weighted by molar-refractivity contribution is 5.41. The molecule has 4 atom stereocenters. The summed E-state index contributed by atoms with van der Waals surface area (Å²) in [4.78, 5) is 0. The lowest BCUT2D eigenvalue weighted by atomic mass is 9.84. The molecule has 2 aliphatic rings. The predicted octanol–water partition coefficient (Wildman–Crippen LogP) is 10.6. The Hall–Kier alpha value is -2.97. The number of hydrogen-bond acceptors (Lipinski definition) is 4. The van der Waals surface area contributed by atoms with Crippen LogP contribution < -0.4 is 0 Å². The zero-order valence-corrected chi connectivity index (χ0v) is 26.8. The number of ether oxygens (including phenoxy) is 4. The van der Waals surface area contributed by atoms with E-state index < -0.39 is 157 Å². The van der Waals surface area contributed by atoms with Gasteiger partial charge in [-0.15, -0.1) is 0 Å². The van der Waals surface area contributed by atoms with Crippen LogP contribution in [0, 0.1) is 0 Å². The van der Waals surface area contributed by atoms with E-state index in [1.54, 1.807) is 0 Å². The van der Waals surface area contributed by atoms with Crippen molar-refractivity contribution in [3.63, 3.8) is 0 Å². The molecule has 1 aromatic carbocycles. The van der Waals surface area contributed by atoms with E-state index in [-0.39, 0.29) is 0 Å². The number of rotatable bonds is 17. The SMILES string of the molecule is FC(F)(F)C(F)(F)C(F)(F)C(F)(F)C(F)(F)C(F)(F)C(F)(F)C(F)(F)c1cc(C(F)(F)C(F)(OCC2CO2)C(F)(F)F)cc(C(F)(F)C(F)(OCC2CO2)C(F)(F)F)c1. The second kappa shape index (κ2) is 14.0. The fourth-order valence-electron chi connectivity index (χ4n) is 4.33. The van der Waals surface area contributed by atoms with Gasteiger partial charge in [0.2, 0.25) is 0 Å². The van der Waals surface area contributed by atoms with Gasteiger partial charge in [-0.1, -0.05) is 0 Å². The Morgan fingerprint density at radius 1 is 0.356 bits per heavy atom. The van der Waals surface area contributed by atoms with Crippen molar-refractivity contribution in [2.45, 2.75) is 95.7 Å². The maximum Gasteiger partial charge on any atom is 0.460 e. The lowest BCUT2D eigenvalue weighted by Gasteiger charge is -2.43. The zero-order chi connectivity index (χ0) is 46.7. The number of benzene rings is 1. The minimum absolute atomic E-state index is 0.758. The van der Waals surface area contributed by atoms with Crippen LogP contribution in [0.1, 0.15) is 16.7 Å². The first-order valence-corrected chi connectivity index (χ1v) is 14.4. The topological polar surface area (TPSA) is 43.5 Å². The molecule has 1 aromatic rings. The molecule has 0 bridgehead atoms. The number of halogens is 29. The van der Waals surface area contributed by atoms with Gasteiger partial charge in [-0.25, -0.2) is 0 Å². The van der Waals surface area contributed by atoms with E-state index in [1.807, 2.05) is 0 Å². The Kier molecular flexibility index (Phi) is 12.0. The molecule has 0 amide bonds. The Morgan fingerprint density at radius 2 is 0.593 bits per heavy atom. The van der Waals surface area contributed by atoms with E-state index in [0.29, 0.717) is 0 Å². The van der Waals surface area contributed by atoms with Gasteiger partial charge in [-0.05, 0) is 18.2 Å².